The molecule has 1 atom stereocenters. The van der Waals surface area contributed by atoms with Crippen molar-refractivity contribution in [1.82, 2.24) is 10.2 Å². The van der Waals surface area contributed by atoms with Crippen molar-refractivity contribution in [1.29, 1.82) is 0 Å². The fraction of sp³-hybridized carbons (Fsp3) is 0.500. The first kappa shape index (κ1) is 20.7. The lowest BCUT2D eigenvalue weighted by Crippen LogP contribution is -2.39. The summed E-state index contributed by atoms with van der Waals surface area (Å²) >= 11 is 1.32. The van der Waals surface area contributed by atoms with Crippen LogP contribution in [0.5, 0.6) is 0 Å². The van der Waals surface area contributed by atoms with Gasteiger partial charge in [0.15, 0.2) is 0 Å². The Hall–Kier alpha value is -1.31. The third kappa shape index (κ3) is 6.67. The molecule has 0 bridgehead atoms. The topological polar surface area (TPSA) is 61.4 Å². The normalized spacial score (nSPS) is 15.8. The van der Waals surface area contributed by atoms with Crippen molar-refractivity contribution >= 4 is 41.7 Å². The van der Waals surface area contributed by atoms with Gasteiger partial charge in [-0.1, -0.05) is 0 Å². The van der Waals surface area contributed by atoms with Crippen LogP contribution in [0.2, 0.25) is 0 Å². The third-order valence-corrected chi connectivity index (χ3v) is 4.72. The lowest BCUT2D eigenvalue weighted by molar-refractivity contribution is -0.130. The van der Waals surface area contributed by atoms with Crippen LogP contribution in [0.25, 0.3) is 0 Å². The number of rotatable bonds is 5. The molecular weight excluding hydrogens is 353 g/mol. The molecule has 0 radical (unpaired) electrons. The van der Waals surface area contributed by atoms with E-state index in [9.17, 15) is 14.0 Å². The first-order valence-electron chi connectivity index (χ1n) is 7.73. The van der Waals surface area contributed by atoms with Crippen molar-refractivity contribution in [2.24, 2.45) is 0 Å². The van der Waals surface area contributed by atoms with Gasteiger partial charge < -0.3 is 15.5 Å². The molecule has 2 amide bonds. The van der Waals surface area contributed by atoms with Crippen LogP contribution in [0.3, 0.4) is 0 Å². The number of amides is 2. The Morgan fingerprint density at radius 2 is 2.00 bits per heavy atom. The second-order valence-electron chi connectivity index (χ2n) is 5.44. The van der Waals surface area contributed by atoms with E-state index in [1.807, 2.05) is 11.8 Å². The fourth-order valence-electron chi connectivity index (χ4n) is 2.33. The zero-order valence-electron chi connectivity index (χ0n) is 13.6. The van der Waals surface area contributed by atoms with Crippen LogP contribution in [-0.2, 0) is 9.59 Å². The minimum Gasteiger partial charge on any atom is -0.340 e. The predicted octanol–water partition coefficient (Wildman–Crippen LogP) is 2.13. The van der Waals surface area contributed by atoms with Crippen molar-refractivity contribution in [3.63, 3.8) is 0 Å². The van der Waals surface area contributed by atoms with Crippen molar-refractivity contribution in [2.75, 3.05) is 37.2 Å². The average molecular weight is 376 g/mol. The van der Waals surface area contributed by atoms with Crippen molar-refractivity contribution < 1.29 is 14.0 Å². The van der Waals surface area contributed by atoms with Crippen LogP contribution in [0.4, 0.5) is 10.1 Å². The number of carbonyl (C=O) groups excluding carboxylic acids is 2. The van der Waals surface area contributed by atoms with Gasteiger partial charge in [0, 0.05) is 25.3 Å². The highest BCUT2D eigenvalue weighted by atomic mass is 35.5. The zero-order valence-corrected chi connectivity index (χ0v) is 15.2. The van der Waals surface area contributed by atoms with Crippen LogP contribution in [0, 0.1) is 5.82 Å². The van der Waals surface area contributed by atoms with Gasteiger partial charge in [0.2, 0.25) is 11.8 Å². The van der Waals surface area contributed by atoms with E-state index in [2.05, 4.69) is 10.6 Å². The molecule has 1 unspecified atom stereocenters. The largest absolute Gasteiger partial charge is 0.340 e. The molecule has 134 valence electrons. The monoisotopic (exact) mass is 375 g/mol. The molecule has 5 nitrogen and oxygen atoms in total. The molecule has 1 saturated heterocycles. The molecule has 0 spiro atoms. The molecule has 0 saturated carbocycles. The van der Waals surface area contributed by atoms with E-state index in [0.717, 1.165) is 26.1 Å². The Bertz CT molecular complexity index is 537. The van der Waals surface area contributed by atoms with Gasteiger partial charge >= 0.3 is 0 Å². The van der Waals surface area contributed by atoms with E-state index in [-0.39, 0.29) is 41.0 Å². The summed E-state index contributed by atoms with van der Waals surface area (Å²) < 4.78 is 12.8. The molecule has 24 heavy (non-hydrogen) atoms. The standard InChI is InChI=1S/C16H22FN3O2S.ClH/c1-12(16(22)20-9-2-7-18-8-10-20)23-11-15(21)19-14-5-3-13(17)4-6-14;/h3-6,12,18H,2,7-11H2,1H3,(H,19,21);1H. The molecule has 0 aliphatic carbocycles. The SMILES string of the molecule is CC(SCC(=O)Nc1ccc(F)cc1)C(=O)N1CCCNCC1.Cl. The second kappa shape index (κ2) is 10.5. The number of benzene rings is 1. The maximum Gasteiger partial charge on any atom is 0.235 e. The Morgan fingerprint density at radius 1 is 1.29 bits per heavy atom. The number of anilines is 1. The van der Waals surface area contributed by atoms with Crippen LogP contribution in [0.1, 0.15) is 13.3 Å². The Morgan fingerprint density at radius 3 is 2.71 bits per heavy atom. The maximum absolute atomic E-state index is 12.8. The highest BCUT2D eigenvalue weighted by Crippen LogP contribution is 2.15. The molecule has 1 aliphatic rings. The molecular formula is C16H23ClFN3O2S. The van der Waals surface area contributed by atoms with Gasteiger partial charge in [-0.3, -0.25) is 9.59 Å². The minimum atomic E-state index is -0.344. The van der Waals surface area contributed by atoms with Gasteiger partial charge in [-0.25, -0.2) is 4.39 Å². The summed E-state index contributed by atoms with van der Waals surface area (Å²) in [6.07, 6.45) is 0.953. The lowest BCUT2D eigenvalue weighted by atomic mass is 10.3. The van der Waals surface area contributed by atoms with Gasteiger partial charge in [0.05, 0.1) is 11.0 Å². The van der Waals surface area contributed by atoms with Crippen molar-refractivity contribution in [3.05, 3.63) is 30.1 Å². The first-order chi connectivity index (χ1) is 11.1. The van der Waals surface area contributed by atoms with E-state index in [4.69, 9.17) is 0 Å². The van der Waals surface area contributed by atoms with Gasteiger partial charge in [-0.05, 0) is 44.2 Å². The van der Waals surface area contributed by atoms with Crippen LogP contribution < -0.4 is 10.6 Å². The maximum atomic E-state index is 12.8. The zero-order chi connectivity index (χ0) is 16.7. The van der Waals surface area contributed by atoms with Gasteiger partial charge in [-0.2, -0.15) is 0 Å². The number of nitrogens with zero attached hydrogens (tertiary/aromatic N) is 1. The summed E-state index contributed by atoms with van der Waals surface area (Å²) in [5.41, 5.74) is 0.551. The molecule has 1 heterocycles. The summed E-state index contributed by atoms with van der Waals surface area (Å²) in [4.78, 5) is 26.1. The summed E-state index contributed by atoms with van der Waals surface area (Å²) in [6, 6.07) is 5.61. The van der Waals surface area contributed by atoms with E-state index in [1.165, 1.54) is 36.0 Å². The third-order valence-electron chi connectivity index (χ3n) is 3.59. The van der Waals surface area contributed by atoms with E-state index in [1.54, 1.807) is 0 Å². The Labute approximate surface area is 152 Å². The van der Waals surface area contributed by atoms with E-state index in [0.29, 0.717) is 12.2 Å². The van der Waals surface area contributed by atoms with Crippen LogP contribution in [-0.4, -0.2) is 53.9 Å². The number of hydrogen-bond donors (Lipinski definition) is 2. The average Bonchev–Trinajstić information content (AvgIpc) is 2.83. The molecule has 2 rings (SSSR count). The predicted molar refractivity (Wildman–Crippen MR) is 98.3 cm³/mol. The summed E-state index contributed by atoms with van der Waals surface area (Å²) in [5, 5.41) is 5.70. The quantitative estimate of drug-likeness (QED) is 0.827. The molecule has 1 aromatic rings. The lowest BCUT2D eigenvalue weighted by Gasteiger charge is -2.23. The number of halogens is 2. The molecule has 0 aromatic heterocycles. The molecule has 1 aromatic carbocycles. The van der Waals surface area contributed by atoms with Gasteiger partial charge in [-0.15, -0.1) is 24.2 Å². The first-order valence-corrected chi connectivity index (χ1v) is 8.77. The molecule has 1 fully saturated rings. The fourth-order valence-corrected chi connectivity index (χ4v) is 3.09. The van der Waals surface area contributed by atoms with Crippen molar-refractivity contribution in [3.8, 4) is 0 Å². The van der Waals surface area contributed by atoms with Gasteiger partial charge in [0.1, 0.15) is 5.82 Å². The smallest absolute Gasteiger partial charge is 0.235 e. The van der Waals surface area contributed by atoms with E-state index < -0.39 is 0 Å². The number of nitrogens with one attached hydrogen (secondary N) is 2. The van der Waals surface area contributed by atoms with Crippen molar-refractivity contribution in [2.45, 2.75) is 18.6 Å². The molecule has 8 heteroatoms. The van der Waals surface area contributed by atoms with Crippen LogP contribution in [0.15, 0.2) is 24.3 Å². The second-order valence-corrected chi connectivity index (χ2v) is 6.77. The summed E-state index contributed by atoms with van der Waals surface area (Å²) in [7, 11) is 0. The number of carbonyl (C=O) groups is 2. The summed E-state index contributed by atoms with van der Waals surface area (Å²) in [6.45, 7) is 5.06. The van der Waals surface area contributed by atoms with E-state index >= 15 is 0 Å². The Balaban J connectivity index is 0.00000288. The summed E-state index contributed by atoms with van der Waals surface area (Å²) in [5.74, 6) is -0.272. The molecule has 1 aliphatic heterocycles. The van der Waals surface area contributed by atoms with Gasteiger partial charge in [0.25, 0.3) is 0 Å². The molecule has 2 N–H and O–H groups in total. The Kier molecular flexibility index (Phi) is 9.10. The number of hydrogen-bond acceptors (Lipinski definition) is 4. The van der Waals surface area contributed by atoms with Crippen LogP contribution >= 0.6 is 24.2 Å². The highest BCUT2D eigenvalue weighted by molar-refractivity contribution is 8.01. The highest BCUT2D eigenvalue weighted by Gasteiger charge is 2.22. The minimum absolute atomic E-state index is 0. The number of thioether (sulfide) groups is 1.